The van der Waals surface area contributed by atoms with Crippen LogP contribution in [0.4, 0.5) is 5.69 Å². The first-order valence-corrected chi connectivity index (χ1v) is 4.30. The Morgan fingerprint density at radius 1 is 1.11 bits per heavy atom. The van der Waals surface area contributed by atoms with Crippen LogP contribution in [0.2, 0.25) is 0 Å². The van der Waals surface area contributed by atoms with E-state index in [-0.39, 0.29) is 15.3 Å². The normalized spacial score (nSPS) is 11.3. The fourth-order valence-corrected chi connectivity index (χ4v) is 1.60. The number of rotatable bonds is 1. The molecule has 3 rings (SSSR count). The minimum atomic E-state index is -1.01. The highest BCUT2D eigenvalue weighted by molar-refractivity contribution is 6.05. The molecule has 12 nitrogen and oxygen atoms in total. The number of nitro benzene ring substituents is 1. The van der Waals surface area contributed by atoms with E-state index in [2.05, 4.69) is 19.6 Å². The van der Waals surface area contributed by atoms with Crippen molar-refractivity contribution in [1.29, 1.82) is 0 Å². The van der Waals surface area contributed by atoms with Crippen molar-refractivity contribution in [2.45, 2.75) is 0 Å². The van der Waals surface area contributed by atoms with Crippen molar-refractivity contribution in [3.63, 3.8) is 0 Å². The smallest absolute Gasteiger partial charge is 0.373 e. The highest BCUT2D eigenvalue weighted by Gasteiger charge is 2.38. The Morgan fingerprint density at radius 2 is 1.67 bits per heavy atom. The van der Waals surface area contributed by atoms with Gasteiger partial charge >= 0.3 is 16.7 Å². The number of phenolic OH excluding ortho intramolecular Hbond substituents is 1. The second-order valence-corrected chi connectivity index (χ2v) is 3.21. The Balaban J connectivity index is 2.70. The molecule has 0 aliphatic carbocycles. The quantitative estimate of drug-likeness (QED) is 0.320. The van der Waals surface area contributed by atoms with E-state index in [1.165, 1.54) is 0 Å². The van der Waals surface area contributed by atoms with E-state index in [0.717, 1.165) is 0 Å². The van der Waals surface area contributed by atoms with E-state index in [9.17, 15) is 25.6 Å². The minimum absolute atomic E-state index is 0.174. The molecular weight excluding hydrogens is 254 g/mol. The van der Waals surface area contributed by atoms with E-state index in [1.807, 2.05) is 0 Å². The lowest BCUT2D eigenvalue weighted by Gasteiger charge is -1.93. The van der Waals surface area contributed by atoms with E-state index in [4.69, 9.17) is 0 Å². The van der Waals surface area contributed by atoms with Gasteiger partial charge in [0.25, 0.3) is 16.8 Å². The zero-order valence-corrected chi connectivity index (χ0v) is 8.13. The molecule has 2 aromatic heterocycles. The lowest BCUT2D eigenvalue weighted by atomic mass is 10.2. The number of hydrogen-bond acceptors (Lipinski definition) is 9. The number of benzene rings is 1. The number of nitrogens with zero attached hydrogens (tertiary/aromatic N) is 5. The van der Waals surface area contributed by atoms with Crippen LogP contribution in [0, 0.1) is 20.5 Å². The molecule has 3 aromatic rings. The highest BCUT2D eigenvalue weighted by atomic mass is 16.8. The van der Waals surface area contributed by atoms with Crippen LogP contribution in [0.15, 0.2) is 9.26 Å². The molecular formula is C6HN5O7. The third-order valence-corrected chi connectivity index (χ3v) is 2.31. The van der Waals surface area contributed by atoms with Crippen molar-refractivity contribution in [3.8, 4) is 5.75 Å². The molecule has 1 N–H and O–H groups in total. The molecule has 18 heavy (non-hydrogen) atoms. The summed E-state index contributed by atoms with van der Waals surface area (Å²) in [5.74, 6) is -1.01. The van der Waals surface area contributed by atoms with Gasteiger partial charge in [0.15, 0.2) is 0 Å². The molecule has 0 amide bonds. The summed E-state index contributed by atoms with van der Waals surface area (Å²) < 4.78 is 8.35. The Morgan fingerprint density at radius 3 is 2.28 bits per heavy atom. The molecule has 0 aliphatic heterocycles. The summed E-state index contributed by atoms with van der Waals surface area (Å²) in [5, 5.41) is 49.3. The summed E-state index contributed by atoms with van der Waals surface area (Å²) in [6.07, 6.45) is 0. The van der Waals surface area contributed by atoms with E-state index < -0.39 is 32.9 Å². The second kappa shape index (κ2) is 2.93. The molecule has 2 heterocycles. The topological polar surface area (TPSA) is 169 Å². The Kier molecular flexibility index (Phi) is 1.63. The lowest BCUT2D eigenvalue weighted by molar-refractivity contribution is -0.782. The van der Waals surface area contributed by atoms with Gasteiger partial charge in [0.2, 0.25) is 0 Å². The summed E-state index contributed by atoms with van der Waals surface area (Å²) in [4.78, 5) is 9.37. The first kappa shape index (κ1) is 10.0. The number of aromatic hydroxyl groups is 1. The van der Waals surface area contributed by atoms with Gasteiger partial charge in [-0.1, -0.05) is 0 Å². The Bertz CT molecular complexity index is 804. The summed E-state index contributed by atoms with van der Waals surface area (Å²) in [6, 6.07) is 0. The molecule has 0 radical (unpaired) electrons. The summed E-state index contributed by atoms with van der Waals surface area (Å²) in [6.45, 7) is 0. The molecule has 1 aromatic carbocycles. The Hall–Kier alpha value is -3.18. The van der Waals surface area contributed by atoms with Crippen molar-refractivity contribution in [1.82, 2.24) is 10.3 Å². The standard InChI is InChI=1S/C6HN5O7/c12-6-4(9(13)14)1-3(10(15)17-7-1)2-5(6)11(16)18-8-2/h12H. The number of phenols is 1. The number of nitro groups is 1. The average Bonchev–Trinajstić information content (AvgIpc) is 2.83. The first-order valence-electron chi connectivity index (χ1n) is 4.30. The van der Waals surface area contributed by atoms with Gasteiger partial charge in [0.05, 0.1) is 15.2 Å². The minimum Gasteiger partial charge on any atom is -0.499 e. The Labute approximate surface area is 94.4 Å². The molecule has 0 spiro atoms. The third-order valence-electron chi connectivity index (χ3n) is 2.31. The van der Waals surface area contributed by atoms with Crippen LogP contribution in [0.1, 0.15) is 0 Å². The molecule has 92 valence electrons. The lowest BCUT2D eigenvalue weighted by Crippen LogP contribution is -2.25. The predicted molar refractivity (Wildman–Crippen MR) is 47.8 cm³/mol. The zero-order chi connectivity index (χ0) is 13.0. The van der Waals surface area contributed by atoms with Crippen LogP contribution in [0.3, 0.4) is 0 Å². The zero-order valence-electron chi connectivity index (χ0n) is 8.13. The van der Waals surface area contributed by atoms with Crippen molar-refractivity contribution in [2.75, 3.05) is 0 Å². The monoisotopic (exact) mass is 255 g/mol. The molecule has 12 heteroatoms. The summed E-state index contributed by atoms with van der Waals surface area (Å²) in [7, 11) is 0. The van der Waals surface area contributed by atoms with Crippen molar-refractivity contribution in [2.24, 2.45) is 0 Å². The van der Waals surface area contributed by atoms with Crippen LogP contribution in [0.5, 0.6) is 5.75 Å². The van der Waals surface area contributed by atoms with Crippen LogP contribution >= 0.6 is 0 Å². The number of fused-ring (bicyclic) bond motifs is 3. The van der Waals surface area contributed by atoms with Gasteiger partial charge in [-0.3, -0.25) is 19.4 Å². The van der Waals surface area contributed by atoms with E-state index in [0.29, 0.717) is 0 Å². The van der Waals surface area contributed by atoms with Gasteiger partial charge in [-0.25, -0.2) is 0 Å². The largest absolute Gasteiger partial charge is 0.499 e. The van der Waals surface area contributed by atoms with E-state index in [1.54, 1.807) is 0 Å². The number of hydrogen-bond donors (Lipinski definition) is 1. The van der Waals surface area contributed by atoms with Gasteiger partial charge in [0.1, 0.15) is 0 Å². The maximum absolute atomic E-state index is 11.3. The fraction of sp³-hybridized carbons (Fsp3) is 0. The molecule has 0 bridgehead atoms. The molecule has 0 saturated carbocycles. The highest BCUT2D eigenvalue weighted by Crippen LogP contribution is 2.38. The fourth-order valence-electron chi connectivity index (χ4n) is 1.60. The summed E-state index contributed by atoms with van der Waals surface area (Å²) >= 11 is 0. The third kappa shape index (κ3) is 0.977. The SMILES string of the molecule is O=[N+]([O-])c1c(O)c2c(no[n+]2[O-])c2c1no[n+]2[O-]. The molecule has 0 atom stereocenters. The predicted octanol–water partition coefficient (Wildman–Crippen LogP) is -1.15. The van der Waals surface area contributed by atoms with Crippen LogP contribution in [-0.4, -0.2) is 20.3 Å². The summed E-state index contributed by atoms with van der Waals surface area (Å²) in [5.41, 5.74) is -2.99. The van der Waals surface area contributed by atoms with Crippen molar-refractivity contribution in [3.05, 3.63) is 20.5 Å². The molecule has 0 fully saturated rings. The van der Waals surface area contributed by atoms with Gasteiger partial charge < -0.3 is 15.5 Å². The van der Waals surface area contributed by atoms with Crippen LogP contribution in [0.25, 0.3) is 22.1 Å². The van der Waals surface area contributed by atoms with Gasteiger partial charge in [-0.05, 0) is 9.81 Å². The van der Waals surface area contributed by atoms with Crippen molar-refractivity contribution >= 4 is 27.8 Å². The van der Waals surface area contributed by atoms with Crippen LogP contribution in [-0.2, 0) is 0 Å². The van der Waals surface area contributed by atoms with Gasteiger partial charge in [0, 0.05) is 0 Å². The van der Waals surface area contributed by atoms with E-state index >= 15 is 0 Å². The van der Waals surface area contributed by atoms with Crippen LogP contribution < -0.4 is 9.81 Å². The van der Waals surface area contributed by atoms with Gasteiger partial charge in [-0.15, -0.1) is 0 Å². The first-order chi connectivity index (χ1) is 8.52. The molecule has 0 aliphatic rings. The maximum atomic E-state index is 11.3. The number of aromatic nitrogens is 4. The average molecular weight is 255 g/mol. The second-order valence-electron chi connectivity index (χ2n) is 3.21. The van der Waals surface area contributed by atoms with Gasteiger partial charge in [-0.2, -0.15) is 0 Å². The molecule has 0 unspecified atom stereocenters. The maximum Gasteiger partial charge on any atom is 0.373 e. The van der Waals surface area contributed by atoms with Crippen molar-refractivity contribution < 1.29 is 29.1 Å². The molecule has 0 saturated heterocycles.